The Labute approximate surface area is 131 Å². The van der Waals surface area contributed by atoms with E-state index >= 15 is 0 Å². The maximum absolute atomic E-state index is 9.15. The standard InChI is InChI=1S/C19H19BO2/c1-3-15(17-8-6-5-7-9-17)14-16(4-2)18-10-12-19(13-11-18)20(21)22/h3-14,21-22H,2H2,1H3/b15-3+,16-14+. The summed E-state index contributed by atoms with van der Waals surface area (Å²) in [5.41, 5.74) is 4.70. The molecule has 0 aliphatic carbocycles. The van der Waals surface area contributed by atoms with Gasteiger partial charge in [0.25, 0.3) is 0 Å². The van der Waals surface area contributed by atoms with Crippen LogP contribution in [0.2, 0.25) is 0 Å². The molecule has 0 bridgehead atoms. The first-order chi connectivity index (χ1) is 10.7. The zero-order valence-electron chi connectivity index (χ0n) is 12.6. The molecule has 0 heterocycles. The molecule has 0 unspecified atom stereocenters. The van der Waals surface area contributed by atoms with Crippen LogP contribution in [0, 0.1) is 0 Å². The maximum Gasteiger partial charge on any atom is 0.488 e. The first-order valence-electron chi connectivity index (χ1n) is 7.18. The van der Waals surface area contributed by atoms with Crippen molar-refractivity contribution >= 4 is 23.7 Å². The molecule has 22 heavy (non-hydrogen) atoms. The van der Waals surface area contributed by atoms with Gasteiger partial charge in [0.05, 0.1) is 0 Å². The van der Waals surface area contributed by atoms with Crippen LogP contribution in [0.4, 0.5) is 0 Å². The van der Waals surface area contributed by atoms with Gasteiger partial charge in [0.1, 0.15) is 0 Å². The molecule has 2 nitrogen and oxygen atoms in total. The lowest BCUT2D eigenvalue weighted by atomic mass is 9.80. The predicted molar refractivity (Wildman–Crippen MR) is 94.5 cm³/mol. The van der Waals surface area contributed by atoms with Gasteiger partial charge in [-0.1, -0.05) is 73.3 Å². The van der Waals surface area contributed by atoms with Crippen molar-refractivity contribution in [2.24, 2.45) is 0 Å². The van der Waals surface area contributed by atoms with Gasteiger partial charge in [-0.2, -0.15) is 0 Å². The van der Waals surface area contributed by atoms with Crippen LogP contribution in [0.25, 0.3) is 11.1 Å². The second kappa shape index (κ2) is 7.60. The van der Waals surface area contributed by atoms with Gasteiger partial charge < -0.3 is 10.0 Å². The van der Waals surface area contributed by atoms with E-state index in [4.69, 9.17) is 10.0 Å². The summed E-state index contributed by atoms with van der Waals surface area (Å²) in [6.07, 6.45) is 5.94. The Balaban J connectivity index is 2.36. The van der Waals surface area contributed by atoms with E-state index in [2.05, 4.69) is 30.9 Å². The van der Waals surface area contributed by atoms with Crippen molar-refractivity contribution in [3.05, 3.63) is 90.5 Å². The van der Waals surface area contributed by atoms with Gasteiger partial charge in [-0.3, -0.25) is 0 Å². The van der Waals surface area contributed by atoms with E-state index in [9.17, 15) is 0 Å². The van der Waals surface area contributed by atoms with E-state index in [0.29, 0.717) is 5.46 Å². The third-order valence-corrected chi connectivity index (χ3v) is 3.49. The van der Waals surface area contributed by atoms with Gasteiger partial charge in [0, 0.05) is 0 Å². The molecule has 3 heteroatoms. The van der Waals surface area contributed by atoms with Crippen molar-refractivity contribution in [2.75, 3.05) is 0 Å². The smallest absolute Gasteiger partial charge is 0.423 e. The van der Waals surface area contributed by atoms with Crippen LogP contribution in [-0.4, -0.2) is 17.2 Å². The molecular weight excluding hydrogens is 271 g/mol. The van der Waals surface area contributed by atoms with Crippen LogP contribution in [0.5, 0.6) is 0 Å². The Hall–Kier alpha value is -2.36. The molecule has 0 radical (unpaired) electrons. The molecule has 110 valence electrons. The fraction of sp³-hybridized carbons (Fsp3) is 0.0526. The van der Waals surface area contributed by atoms with Crippen molar-refractivity contribution in [3.8, 4) is 0 Å². The Morgan fingerprint density at radius 2 is 1.50 bits per heavy atom. The zero-order chi connectivity index (χ0) is 15.9. The van der Waals surface area contributed by atoms with Crippen molar-refractivity contribution in [1.82, 2.24) is 0 Å². The van der Waals surface area contributed by atoms with E-state index in [-0.39, 0.29) is 0 Å². The first-order valence-corrected chi connectivity index (χ1v) is 7.18. The first kappa shape index (κ1) is 16.0. The van der Waals surface area contributed by atoms with Crippen molar-refractivity contribution in [1.29, 1.82) is 0 Å². The number of allylic oxidation sites excluding steroid dienone is 5. The van der Waals surface area contributed by atoms with Gasteiger partial charge in [-0.05, 0) is 40.7 Å². The minimum Gasteiger partial charge on any atom is -0.423 e. The molecule has 0 spiro atoms. The molecule has 0 aliphatic heterocycles. The molecular formula is C19H19BO2. The Kier molecular flexibility index (Phi) is 5.53. The monoisotopic (exact) mass is 290 g/mol. The maximum atomic E-state index is 9.15. The summed E-state index contributed by atoms with van der Waals surface area (Å²) in [6.45, 7) is 5.89. The summed E-state index contributed by atoms with van der Waals surface area (Å²) < 4.78 is 0. The molecule has 0 fully saturated rings. The van der Waals surface area contributed by atoms with Crippen LogP contribution < -0.4 is 5.46 Å². The summed E-state index contributed by atoms with van der Waals surface area (Å²) in [6, 6.07) is 17.3. The predicted octanol–water partition coefficient (Wildman–Crippen LogP) is 3.04. The van der Waals surface area contributed by atoms with Crippen molar-refractivity contribution in [2.45, 2.75) is 6.92 Å². The lowest BCUT2D eigenvalue weighted by Gasteiger charge is -2.08. The summed E-state index contributed by atoms with van der Waals surface area (Å²) >= 11 is 0. The molecule has 2 N–H and O–H groups in total. The van der Waals surface area contributed by atoms with Crippen molar-refractivity contribution in [3.63, 3.8) is 0 Å². The van der Waals surface area contributed by atoms with E-state index in [1.54, 1.807) is 18.2 Å². The molecule has 2 aromatic carbocycles. The van der Waals surface area contributed by atoms with E-state index in [0.717, 1.165) is 22.3 Å². The second-order valence-corrected chi connectivity index (χ2v) is 4.91. The van der Waals surface area contributed by atoms with E-state index in [1.807, 2.05) is 37.3 Å². The van der Waals surface area contributed by atoms with Crippen LogP contribution in [-0.2, 0) is 0 Å². The topological polar surface area (TPSA) is 40.5 Å². The fourth-order valence-corrected chi connectivity index (χ4v) is 2.24. The minimum absolute atomic E-state index is 0.474. The molecule has 0 saturated heterocycles. The normalized spacial score (nSPS) is 12.1. The highest BCUT2D eigenvalue weighted by Gasteiger charge is 2.10. The Morgan fingerprint density at radius 3 is 2.00 bits per heavy atom. The summed E-state index contributed by atoms with van der Waals surface area (Å²) in [4.78, 5) is 0. The summed E-state index contributed by atoms with van der Waals surface area (Å²) in [5.74, 6) is 0. The summed E-state index contributed by atoms with van der Waals surface area (Å²) in [5, 5.41) is 18.3. The van der Waals surface area contributed by atoms with Gasteiger partial charge in [0.15, 0.2) is 0 Å². The molecule has 0 atom stereocenters. The highest BCUT2D eigenvalue weighted by atomic mass is 16.4. The SMILES string of the molecule is C=C/C(=C\C(=C/C)c1ccccc1)c1ccc(B(O)O)cc1. The van der Waals surface area contributed by atoms with Gasteiger partial charge in [-0.25, -0.2) is 0 Å². The average Bonchev–Trinajstić information content (AvgIpc) is 2.57. The van der Waals surface area contributed by atoms with Crippen LogP contribution in [0.15, 0.2) is 79.4 Å². The highest BCUT2D eigenvalue weighted by molar-refractivity contribution is 6.58. The largest absolute Gasteiger partial charge is 0.488 e. The van der Waals surface area contributed by atoms with Gasteiger partial charge in [0.2, 0.25) is 0 Å². The average molecular weight is 290 g/mol. The lowest BCUT2D eigenvalue weighted by molar-refractivity contribution is 0.426. The Morgan fingerprint density at radius 1 is 0.909 bits per heavy atom. The number of hydrogen-bond acceptors (Lipinski definition) is 2. The molecule has 0 aliphatic rings. The fourth-order valence-electron chi connectivity index (χ4n) is 2.24. The molecule has 2 rings (SSSR count). The van der Waals surface area contributed by atoms with Gasteiger partial charge in [-0.15, -0.1) is 0 Å². The van der Waals surface area contributed by atoms with Gasteiger partial charge >= 0.3 is 7.12 Å². The number of rotatable bonds is 5. The van der Waals surface area contributed by atoms with E-state index < -0.39 is 7.12 Å². The molecule has 0 amide bonds. The lowest BCUT2D eigenvalue weighted by Crippen LogP contribution is -2.29. The minimum atomic E-state index is -1.44. The number of hydrogen-bond donors (Lipinski definition) is 2. The molecule has 0 saturated carbocycles. The Bertz CT molecular complexity index is 683. The highest BCUT2D eigenvalue weighted by Crippen LogP contribution is 2.22. The second-order valence-electron chi connectivity index (χ2n) is 4.91. The van der Waals surface area contributed by atoms with Crippen molar-refractivity contribution < 1.29 is 10.0 Å². The van der Waals surface area contributed by atoms with E-state index in [1.165, 1.54) is 0 Å². The third-order valence-electron chi connectivity index (χ3n) is 3.49. The number of benzene rings is 2. The zero-order valence-corrected chi connectivity index (χ0v) is 12.6. The van der Waals surface area contributed by atoms with Crippen LogP contribution >= 0.6 is 0 Å². The third kappa shape index (κ3) is 3.85. The summed E-state index contributed by atoms with van der Waals surface area (Å²) in [7, 11) is -1.44. The van der Waals surface area contributed by atoms with Crippen LogP contribution in [0.1, 0.15) is 18.1 Å². The molecule has 0 aromatic heterocycles. The molecule has 2 aromatic rings. The quantitative estimate of drug-likeness (QED) is 0.656. The van der Waals surface area contributed by atoms with Crippen LogP contribution in [0.3, 0.4) is 0 Å².